The van der Waals surface area contributed by atoms with Crippen molar-refractivity contribution in [1.29, 1.82) is 0 Å². The van der Waals surface area contributed by atoms with Crippen molar-refractivity contribution in [3.8, 4) is 17.1 Å². The minimum Gasteiger partial charge on any atom is -0.292 e. The van der Waals surface area contributed by atoms with E-state index in [-0.39, 0.29) is 5.41 Å². The number of fused-ring (bicyclic) bond motifs is 1. The molecule has 4 rings (SSSR count). The fraction of sp³-hybridized carbons (Fsp3) is 0.208. The molecule has 5 heteroatoms. The fourth-order valence-electron chi connectivity index (χ4n) is 3.57. The first kappa shape index (κ1) is 19.2. The molecule has 0 saturated carbocycles. The van der Waals surface area contributed by atoms with Crippen LogP contribution in [0.1, 0.15) is 31.9 Å². The van der Waals surface area contributed by atoms with Crippen molar-refractivity contribution >= 4 is 11.0 Å². The van der Waals surface area contributed by atoms with E-state index in [1.807, 2.05) is 47.0 Å². The molecule has 29 heavy (non-hydrogen) atoms. The molecule has 3 aromatic carbocycles. The summed E-state index contributed by atoms with van der Waals surface area (Å²) >= 11 is 0. The number of nitrogens with zero attached hydrogens (tertiary/aromatic N) is 2. The van der Waals surface area contributed by atoms with Gasteiger partial charge in [-0.3, -0.25) is 4.57 Å². The van der Waals surface area contributed by atoms with Crippen LogP contribution in [0.25, 0.3) is 28.1 Å². The molecule has 148 valence electrons. The molecule has 0 fully saturated rings. The van der Waals surface area contributed by atoms with Crippen LogP contribution in [0.3, 0.4) is 0 Å². The second kappa shape index (κ2) is 6.76. The number of halogens is 3. The maximum absolute atomic E-state index is 13.0. The smallest absolute Gasteiger partial charge is 0.292 e. The van der Waals surface area contributed by atoms with E-state index in [1.165, 1.54) is 12.1 Å². The molecular formula is C24H21F3N2. The summed E-state index contributed by atoms with van der Waals surface area (Å²) in [6.45, 7) is 6.42. The summed E-state index contributed by atoms with van der Waals surface area (Å²) in [6, 6.07) is 21.0. The maximum Gasteiger partial charge on any atom is 0.416 e. The van der Waals surface area contributed by atoms with Gasteiger partial charge in [0.2, 0.25) is 0 Å². The van der Waals surface area contributed by atoms with E-state index in [2.05, 4.69) is 26.8 Å². The molecule has 0 radical (unpaired) electrons. The summed E-state index contributed by atoms with van der Waals surface area (Å²) in [7, 11) is 0. The molecule has 0 aliphatic carbocycles. The van der Waals surface area contributed by atoms with Crippen LogP contribution in [0.4, 0.5) is 13.2 Å². The highest BCUT2D eigenvalue weighted by molar-refractivity contribution is 5.83. The highest BCUT2D eigenvalue weighted by Crippen LogP contribution is 2.36. The Bertz CT molecular complexity index is 1160. The third kappa shape index (κ3) is 3.53. The first-order valence-corrected chi connectivity index (χ1v) is 9.41. The van der Waals surface area contributed by atoms with E-state index in [1.54, 1.807) is 0 Å². The van der Waals surface area contributed by atoms with Gasteiger partial charge in [-0.15, -0.1) is 0 Å². The van der Waals surface area contributed by atoms with Crippen molar-refractivity contribution in [2.45, 2.75) is 32.4 Å². The van der Waals surface area contributed by atoms with E-state index >= 15 is 0 Å². The zero-order valence-electron chi connectivity index (χ0n) is 16.5. The van der Waals surface area contributed by atoms with Crippen molar-refractivity contribution in [2.24, 2.45) is 0 Å². The van der Waals surface area contributed by atoms with E-state index in [0.717, 1.165) is 34.4 Å². The Kier molecular flexibility index (Phi) is 4.49. The van der Waals surface area contributed by atoms with Crippen LogP contribution in [-0.4, -0.2) is 9.55 Å². The van der Waals surface area contributed by atoms with Crippen LogP contribution in [-0.2, 0) is 11.6 Å². The summed E-state index contributed by atoms with van der Waals surface area (Å²) in [5.74, 6) is 0.622. The number of hydrogen-bond donors (Lipinski definition) is 0. The van der Waals surface area contributed by atoms with Gasteiger partial charge in [0.1, 0.15) is 5.82 Å². The molecule has 0 spiro atoms. The number of aromatic nitrogens is 2. The van der Waals surface area contributed by atoms with Gasteiger partial charge >= 0.3 is 6.18 Å². The summed E-state index contributed by atoms with van der Waals surface area (Å²) < 4.78 is 41.0. The van der Waals surface area contributed by atoms with Crippen LogP contribution in [0.15, 0.2) is 72.8 Å². The van der Waals surface area contributed by atoms with Gasteiger partial charge in [0.05, 0.1) is 22.3 Å². The molecule has 0 atom stereocenters. The summed E-state index contributed by atoms with van der Waals surface area (Å²) in [4.78, 5) is 4.76. The molecule has 0 bridgehead atoms. The standard InChI is InChI=1S/C24H21F3N2/c1-23(2,3)18-8-4-6-10-20(18)29-21-11-7-5-9-19(21)28-22(29)16-12-14-17(15-13-16)24(25,26)27/h4-15H,1-3H3. The van der Waals surface area contributed by atoms with Gasteiger partial charge in [0, 0.05) is 5.56 Å². The highest BCUT2D eigenvalue weighted by Gasteiger charge is 2.30. The largest absolute Gasteiger partial charge is 0.416 e. The van der Waals surface area contributed by atoms with Crippen LogP contribution < -0.4 is 0 Å². The van der Waals surface area contributed by atoms with Gasteiger partial charge in [-0.1, -0.05) is 63.2 Å². The zero-order valence-corrected chi connectivity index (χ0v) is 16.5. The Balaban J connectivity index is 1.99. The van der Waals surface area contributed by atoms with Crippen molar-refractivity contribution in [1.82, 2.24) is 9.55 Å². The lowest BCUT2D eigenvalue weighted by molar-refractivity contribution is -0.137. The monoisotopic (exact) mass is 394 g/mol. The average Bonchev–Trinajstić information content (AvgIpc) is 3.06. The van der Waals surface area contributed by atoms with Crippen molar-refractivity contribution in [2.75, 3.05) is 0 Å². The Morgan fingerprint density at radius 2 is 1.38 bits per heavy atom. The molecule has 2 nitrogen and oxygen atoms in total. The maximum atomic E-state index is 13.0. The van der Waals surface area contributed by atoms with Gasteiger partial charge in [0.15, 0.2) is 0 Å². The first-order valence-electron chi connectivity index (χ1n) is 9.41. The minimum atomic E-state index is -4.36. The van der Waals surface area contributed by atoms with Crippen LogP contribution in [0, 0.1) is 0 Å². The number of benzene rings is 3. The fourth-order valence-corrected chi connectivity index (χ4v) is 3.57. The highest BCUT2D eigenvalue weighted by atomic mass is 19.4. The second-order valence-corrected chi connectivity index (χ2v) is 8.10. The summed E-state index contributed by atoms with van der Waals surface area (Å²) in [5, 5.41) is 0. The SMILES string of the molecule is CC(C)(C)c1ccccc1-n1c(-c2ccc(C(F)(F)F)cc2)nc2ccccc21. The number of imidazole rings is 1. The molecule has 4 aromatic rings. The Morgan fingerprint density at radius 3 is 2.03 bits per heavy atom. The third-order valence-corrected chi connectivity index (χ3v) is 4.98. The Morgan fingerprint density at radius 1 is 0.759 bits per heavy atom. The summed E-state index contributed by atoms with van der Waals surface area (Å²) in [6.07, 6.45) is -4.36. The van der Waals surface area contributed by atoms with Gasteiger partial charge in [-0.05, 0) is 41.3 Å². The van der Waals surface area contributed by atoms with E-state index < -0.39 is 11.7 Å². The van der Waals surface area contributed by atoms with Gasteiger partial charge in [-0.25, -0.2) is 4.98 Å². The van der Waals surface area contributed by atoms with Crippen molar-refractivity contribution in [3.05, 3.63) is 83.9 Å². The zero-order chi connectivity index (χ0) is 20.8. The topological polar surface area (TPSA) is 17.8 Å². The lowest BCUT2D eigenvalue weighted by Crippen LogP contribution is -2.15. The molecule has 0 unspecified atom stereocenters. The minimum absolute atomic E-state index is 0.112. The number of alkyl halides is 3. The van der Waals surface area contributed by atoms with Crippen molar-refractivity contribution in [3.63, 3.8) is 0 Å². The van der Waals surface area contributed by atoms with E-state index in [0.29, 0.717) is 11.4 Å². The predicted octanol–water partition coefficient (Wildman–Crippen LogP) is 7.01. The van der Waals surface area contributed by atoms with E-state index in [9.17, 15) is 13.2 Å². The molecule has 0 aliphatic heterocycles. The third-order valence-electron chi connectivity index (χ3n) is 4.98. The number of hydrogen-bond acceptors (Lipinski definition) is 1. The molecule has 0 amide bonds. The summed E-state index contributed by atoms with van der Waals surface area (Å²) in [5.41, 5.74) is 3.68. The molecule has 1 heterocycles. The lowest BCUT2D eigenvalue weighted by Gasteiger charge is -2.24. The number of para-hydroxylation sites is 3. The van der Waals surface area contributed by atoms with Gasteiger partial charge in [0.25, 0.3) is 0 Å². The number of rotatable bonds is 2. The van der Waals surface area contributed by atoms with Crippen LogP contribution >= 0.6 is 0 Å². The van der Waals surface area contributed by atoms with Crippen molar-refractivity contribution < 1.29 is 13.2 Å². The predicted molar refractivity (Wildman–Crippen MR) is 110 cm³/mol. The molecule has 0 N–H and O–H groups in total. The molecule has 1 aromatic heterocycles. The normalized spacial score (nSPS) is 12.5. The Labute approximate surface area is 167 Å². The van der Waals surface area contributed by atoms with E-state index in [4.69, 9.17) is 4.98 Å². The average molecular weight is 394 g/mol. The first-order chi connectivity index (χ1) is 13.7. The second-order valence-electron chi connectivity index (χ2n) is 8.10. The molecule has 0 aliphatic rings. The molecule has 0 saturated heterocycles. The Hall–Kier alpha value is -3.08. The quantitative estimate of drug-likeness (QED) is 0.358. The lowest BCUT2D eigenvalue weighted by atomic mass is 9.85. The van der Waals surface area contributed by atoms with Crippen LogP contribution in [0.5, 0.6) is 0 Å². The molecular weight excluding hydrogens is 373 g/mol. The van der Waals surface area contributed by atoms with Crippen LogP contribution in [0.2, 0.25) is 0 Å². The van der Waals surface area contributed by atoms with Gasteiger partial charge in [-0.2, -0.15) is 13.2 Å². The van der Waals surface area contributed by atoms with Gasteiger partial charge < -0.3 is 0 Å².